The van der Waals surface area contributed by atoms with Crippen molar-refractivity contribution in [1.29, 1.82) is 0 Å². The Bertz CT molecular complexity index is 679. The van der Waals surface area contributed by atoms with Crippen LogP contribution < -0.4 is 4.74 Å². The van der Waals surface area contributed by atoms with Crippen LogP contribution in [0.2, 0.25) is 0 Å². The molecule has 1 atom stereocenters. The fourth-order valence-electron chi connectivity index (χ4n) is 4.66. The molecule has 0 amide bonds. The molecule has 1 fully saturated rings. The lowest BCUT2D eigenvalue weighted by atomic mass is 9.80. The Morgan fingerprint density at radius 1 is 0.968 bits per heavy atom. The van der Waals surface area contributed by atoms with Crippen LogP contribution in [0, 0.1) is 0 Å². The van der Waals surface area contributed by atoms with Crippen LogP contribution >= 0.6 is 0 Å². The van der Waals surface area contributed by atoms with Gasteiger partial charge >= 0.3 is 0 Å². The highest BCUT2D eigenvalue weighted by Crippen LogP contribution is 2.35. The summed E-state index contributed by atoms with van der Waals surface area (Å²) in [6.45, 7) is 15.5. The van der Waals surface area contributed by atoms with E-state index in [9.17, 15) is 5.11 Å². The highest BCUT2D eigenvalue weighted by atomic mass is 16.5. The van der Waals surface area contributed by atoms with Crippen molar-refractivity contribution in [1.82, 2.24) is 0 Å². The summed E-state index contributed by atoms with van der Waals surface area (Å²) in [5.41, 5.74) is 2.67. The van der Waals surface area contributed by atoms with E-state index in [1.807, 2.05) is 0 Å². The minimum atomic E-state index is -0.437. The van der Waals surface area contributed by atoms with Crippen molar-refractivity contribution in [3.8, 4) is 5.75 Å². The van der Waals surface area contributed by atoms with E-state index in [-0.39, 0.29) is 10.8 Å². The number of benzene rings is 1. The van der Waals surface area contributed by atoms with Gasteiger partial charge in [0.25, 0.3) is 0 Å². The van der Waals surface area contributed by atoms with Crippen molar-refractivity contribution in [3.63, 3.8) is 0 Å². The minimum absolute atomic E-state index is 0.0102. The Hall–Kier alpha value is -1.10. The van der Waals surface area contributed by atoms with Crippen LogP contribution in [-0.4, -0.2) is 62.2 Å². The van der Waals surface area contributed by atoms with E-state index in [0.29, 0.717) is 25.9 Å². The molecule has 0 bridgehead atoms. The maximum Gasteiger partial charge on any atom is 0.126 e. The molecule has 1 aromatic rings. The van der Waals surface area contributed by atoms with Gasteiger partial charge in [-0.15, -0.1) is 0 Å². The molecule has 0 aromatic heterocycles. The Kier molecular flexibility index (Phi) is 9.01. The molecule has 0 unspecified atom stereocenters. The van der Waals surface area contributed by atoms with Gasteiger partial charge in [0.1, 0.15) is 25.0 Å². The van der Waals surface area contributed by atoms with Crippen molar-refractivity contribution in [2.45, 2.75) is 96.6 Å². The molecule has 1 aliphatic rings. The SMILES string of the molecule is CC(C)(C)c1ccc(OCCOC[C@@H](O)C[N+](C)(C)C2CCCCC2)c(C(C)(C)C)c1. The first-order valence-corrected chi connectivity index (χ1v) is 12.2. The van der Waals surface area contributed by atoms with Gasteiger partial charge in [-0.1, -0.05) is 60.1 Å². The molecule has 0 saturated heterocycles. The summed E-state index contributed by atoms with van der Waals surface area (Å²) in [7, 11) is 4.50. The zero-order valence-corrected chi connectivity index (χ0v) is 21.5. The molecule has 0 radical (unpaired) electrons. The van der Waals surface area contributed by atoms with Gasteiger partial charge in [0.2, 0.25) is 0 Å². The molecule has 1 aliphatic carbocycles. The summed E-state index contributed by atoms with van der Waals surface area (Å²) in [4.78, 5) is 0. The van der Waals surface area contributed by atoms with E-state index in [0.717, 1.165) is 16.8 Å². The van der Waals surface area contributed by atoms with E-state index in [1.54, 1.807) is 0 Å². The summed E-state index contributed by atoms with van der Waals surface area (Å²) in [5, 5.41) is 10.5. The fourth-order valence-corrected chi connectivity index (χ4v) is 4.66. The van der Waals surface area contributed by atoms with Crippen molar-refractivity contribution in [2.24, 2.45) is 0 Å². The highest BCUT2D eigenvalue weighted by molar-refractivity contribution is 5.43. The molecule has 0 aliphatic heterocycles. The molecule has 2 rings (SSSR count). The second-order valence-electron chi connectivity index (χ2n) is 12.0. The molecule has 31 heavy (non-hydrogen) atoms. The number of quaternary nitrogens is 1. The van der Waals surface area contributed by atoms with Gasteiger partial charge in [-0.25, -0.2) is 0 Å². The average molecular weight is 435 g/mol. The van der Waals surface area contributed by atoms with E-state index in [2.05, 4.69) is 73.8 Å². The lowest BCUT2D eigenvalue weighted by molar-refractivity contribution is -0.919. The molecule has 1 aromatic carbocycles. The minimum Gasteiger partial charge on any atom is -0.491 e. The number of aliphatic hydroxyl groups is 1. The third kappa shape index (κ3) is 8.07. The number of hydrogen-bond donors (Lipinski definition) is 1. The largest absolute Gasteiger partial charge is 0.491 e. The standard InChI is InChI=1S/C27H48NO3/c1-26(2,3)21-14-15-25(24(18-21)27(4,5)6)31-17-16-30-20-23(29)19-28(7,8)22-12-10-9-11-13-22/h14-15,18,22-23,29H,9-13,16-17,19-20H2,1-8H3/q+1/t23-/m0/s1. The maximum atomic E-state index is 10.5. The summed E-state index contributed by atoms with van der Waals surface area (Å²) in [5.74, 6) is 0.930. The van der Waals surface area contributed by atoms with Crippen LogP contribution in [0.5, 0.6) is 5.75 Å². The first-order chi connectivity index (χ1) is 14.3. The van der Waals surface area contributed by atoms with Crippen LogP contribution in [-0.2, 0) is 15.6 Å². The van der Waals surface area contributed by atoms with Crippen LogP contribution in [0.3, 0.4) is 0 Å². The predicted octanol–water partition coefficient (Wildman–Crippen LogP) is 5.45. The molecule has 1 saturated carbocycles. The molecular formula is C27H48NO3+. The van der Waals surface area contributed by atoms with Crippen molar-refractivity contribution in [2.75, 3.05) is 40.5 Å². The van der Waals surface area contributed by atoms with Gasteiger partial charge in [0.15, 0.2) is 0 Å². The van der Waals surface area contributed by atoms with Gasteiger partial charge < -0.3 is 19.1 Å². The quantitative estimate of drug-likeness (QED) is 0.415. The number of rotatable bonds is 9. The molecule has 0 heterocycles. The Morgan fingerprint density at radius 3 is 2.19 bits per heavy atom. The Labute approximate surface area is 191 Å². The molecule has 178 valence electrons. The summed E-state index contributed by atoms with van der Waals surface area (Å²) in [6, 6.07) is 7.21. The van der Waals surface area contributed by atoms with Gasteiger partial charge in [0.05, 0.1) is 33.4 Å². The van der Waals surface area contributed by atoms with Crippen molar-refractivity contribution < 1.29 is 19.1 Å². The molecular weight excluding hydrogens is 386 g/mol. The number of nitrogens with zero attached hydrogens (tertiary/aromatic N) is 1. The second-order valence-corrected chi connectivity index (χ2v) is 12.0. The summed E-state index contributed by atoms with van der Waals surface area (Å²) < 4.78 is 12.8. The Morgan fingerprint density at radius 2 is 1.61 bits per heavy atom. The lowest BCUT2D eigenvalue weighted by Gasteiger charge is -2.41. The molecule has 0 spiro atoms. The van der Waals surface area contributed by atoms with Crippen LogP contribution in [0.1, 0.15) is 84.8 Å². The number of aliphatic hydroxyl groups excluding tert-OH is 1. The lowest BCUT2D eigenvalue weighted by Crippen LogP contribution is -2.54. The first kappa shape index (κ1) is 26.2. The topological polar surface area (TPSA) is 38.7 Å². The van der Waals surface area contributed by atoms with Gasteiger partial charge in [0, 0.05) is 0 Å². The van der Waals surface area contributed by atoms with E-state index < -0.39 is 6.10 Å². The van der Waals surface area contributed by atoms with E-state index in [4.69, 9.17) is 9.47 Å². The summed E-state index contributed by atoms with van der Waals surface area (Å²) >= 11 is 0. The van der Waals surface area contributed by atoms with E-state index >= 15 is 0 Å². The molecule has 4 heteroatoms. The van der Waals surface area contributed by atoms with Gasteiger partial charge in [-0.2, -0.15) is 0 Å². The predicted molar refractivity (Wildman–Crippen MR) is 130 cm³/mol. The van der Waals surface area contributed by atoms with Crippen LogP contribution in [0.25, 0.3) is 0 Å². The molecule has 1 N–H and O–H groups in total. The monoisotopic (exact) mass is 434 g/mol. The zero-order chi connectivity index (χ0) is 23.3. The molecule has 4 nitrogen and oxygen atoms in total. The van der Waals surface area contributed by atoms with Crippen LogP contribution in [0.15, 0.2) is 18.2 Å². The van der Waals surface area contributed by atoms with Gasteiger partial charge in [-0.3, -0.25) is 0 Å². The third-order valence-electron chi connectivity index (χ3n) is 6.69. The fraction of sp³-hybridized carbons (Fsp3) is 0.778. The van der Waals surface area contributed by atoms with Crippen molar-refractivity contribution in [3.05, 3.63) is 29.3 Å². The zero-order valence-electron chi connectivity index (χ0n) is 21.5. The van der Waals surface area contributed by atoms with Crippen LogP contribution in [0.4, 0.5) is 0 Å². The van der Waals surface area contributed by atoms with Gasteiger partial charge in [-0.05, 0) is 53.7 Å². The van der Waals surface area contributed by atoms with E-state index in [1.165, 1.54) is 43.2 Å². The average Bonchev–Trinajstić information content (AvgIpc) is 2.66. The highest BCUT2D eigenvalue weighted by Gasteiger charge is 2.31. The summed E-state index contributed by atoms with van der Waals surface area (Å²) in [6.07, 6.45) is 6.12. The van der Waals surface area contributed by atoms with Crippen molar-refractivity contribution >= 4 is 0 Å². The normalized spacial score (nSPS) is 17.6. The maximum absolute atomic E-state index is 10.5. The Balaban J connectivity index is 1.82. The number of ether oxygens (including phenoxy) is 2. The smallest absolute Gasteiger partial charge is 0.126 e. The first-order valence-electron chi connectivity index (χ1n) is 12.2. The number of hydrogen-bond acceptors (Lipinski definition) is 3. The third-order valence-corrected chi connectivity index (χ3v) is 6.69. The number of likely N-dealkylation sites (N-methyl/N-ethyl adjacent to an activating group) is 1. The second kappa shape index (κ2) is 10.7.